The zero-order chi connectivity index (χ0) is 24.6. The molecule has 0 saturated heterocycles. The van der Waals surface area contributed by atoms with E-state index in [1.165, 1.54) is 4.90 Å². The number of sulfonamides is 1. The first-order valence-electron chi connectivity index (χ1n) is 10.6. The molecule has 0 aromatic heterocycles. The van der Waals surface area contributed by atoms with Gasteiger partial charge in [0.15, 0.2) is 0 Å². The summed E-state index contributed by atoms with van der Waals surface area (Å²) in [6.45, 7) is 3.96. The van der Waals surface area contributed by atoms with Gasteiger partial charge < -0.3 is 10.2 Å². The Bertz CT molecular complexity index is 1060. The first kappa shape index (κ1) is 27.3. The molecule has 1 atom stereocenters. The summed E-state index contributed by atoms with van der Waals surface area (Å²) in [5.74, 6) is -0.747. The number of carbonyl (C=O) groups excluding carboxylic acids is 2. The second-order valence-electron chi connectivity index (χ2n) is 7.72. The van der Waals surface area contributed by atoms with E-state index >= 15 is 0 Å². The Labute approximate surface area is 212 Å². The van der Waals surface area contributed by atoms with Gasteiger partial charge in [0, 0.05) is 22.0 Å². The van der Waals surface area contributed by atoms with Gasteiger partial charge in [0.1, 0.15) is 12.6 Å². The van der Waals surface area contributed by atoms with Gasteiger partial charge in [0.2, 0.25) is 21.8 Å². The number of rotatable bonds is 11. The van der Waals surface area contributed by atoms with Crippen molar-refractivity contribution < 1.29 is 18.0 Å². The van der Waals surface area contributed by atoms with Gasteiger partial charge in [-0.1, -0.05) is 63.4 Å². The molecule has 0 saturated carbocycles. The predicted molar refractivity (Wildman–Crippen MR) is 138 cm³/mol. The van der Waals surface area contributed by atoms with E-state index in [1.807, 2.05) is 31.2 Å². The fraction of sp³-hybridized carbons (Fsp3) is 0.391. The van der Waals surface area contributed by atoms with Crippen LogP contribution in [-0.4, -0.2) is 50.5 Å². The molecule has 0 aliphatic rings. The summed E-state index contributed by atoms with van der Waals surface area (Å²) in [6.07, 6.45) is 2.83. The normalized spacial score (nSPS) is 12.2. The van der Waals surface area contributed by atoms with E-state index in [2.05, 4.69) is 37.2 Å². The molecule has 0 spiro atoms. The summed E-state index contributed by atoms with van der Waals surface area (Å²) in [5.41, 5.74) is 1.19. The van der Waals surface area contributed by atoms with Gasteiger partial charge in [0.25, 0.3) is 0 Å². The number of anilines is 1. The average molecular weight is 603 g/mol. The Morgan fingerprint density at radius 2 is 1.73 bits per heavy atom. The quantitative estimate of drug-likeness (QED) is 0.388. The lowest BCUT2D eigenvalue weighted by molar-refractivity contribution is -0.139. The standard InChI is InChI=1S/C23H29Br2N3O4S/c1-4-5-13-26-23(30)17(2)27(15-18-9-11-19(24)12-10-18)22(29)16-28(33(3,31)32)21-8-6-7-20(25)14-21/h6-12,14,17H,4-5,13,15-16H2,1-3H3,(H,26,30)/t17-/m0/s1. The fourth-order valence-corrected chi connectivity index (χ4v) is 4.64. The SMILES string of the molecule is CCCCNC(=O)[C@H](C)N(Cc1ccc(Br)cc1)C(=O)CN(c1cccc(Br)c1)S(C)(=O)=O. The summed E-state index contributed by atoms with van der Waals surface area (Å²) in [4.78, 5) is 27.6. The summed E-state index contributed by atoms with van der Waals surface area (Å²) < 4.78 is 27.7. The molecule has 0 bridgehead atoms. The topological polar surface area (TPSA) is 86.8 Å². The number of amides is 2. The molecule has 2 aromatic carbocycles. The van der Waals surface area contributed by atoms with Crippen molar-refractivity contribution >= 4 is 59.4 Å². The number of nitrogens with zero attached hydrogens (tertiary/aromatic N) is 2. The molecule has 0 aliphatic heterocycles. The van der Waals surface area contributed by atoms with Crippen LogP contribution in [0.3, 0.4) is 0 Å². The van der Waals surface area contributed by atoms with Crippen LogP contribution in [-0.2, 0) is 26.2 Å². The van der Waals surface area contributed by atoms with Gasteiger partial charge in [-0.3, -0.25) is 13.9 Å². The van der Waals surface area contributed by atoms with E-state index < -0.39 is 28.5 Å². The maximum absolute atomic E-state index is 13.4. The van der Waals surface area contributed by atoms with Crippen molar-refractivity contribution in [2.75, 3.05) is 23.7 Å². The number of nitrogens with one attached hydrogen (secondary N) is 1. The zero-order valence-electron chi connectivity index (χ0n) is 18.9. The molecular weight excluding hydrogens is 574 g/mol. The summed E-state index contributed by atoms with van der Waals surface area (Å²) >= 11 is 6.73. The number of halogens is 2. The van der Waals surface area contributed by atoms with Gasteiger partial charge >= 0.3 is 0 Å². The van der Waals surface area contributed by atoms with Crippen LogP contribution in [0.15, 0.2) is 57.5 Å². The number of hydrogen-bond donors (Lipinski definition) is 1. The van der Waals surface area contributed by atoms with E-state index in [4.69, 9.17) is 0 Å². The molecule has 10 heteroatoms. The lowest BCUT2D eigenvalue weighted by atomic mass is 10.1. The second-order valence-corrected chi connectivity index (χ2v) is 11.5. The van der Waals surface area contributed by atoms with E-state index in [9.17, 15) is 18.0 Å². The van der Waals surface area contributed by atoms with Crippen molar-refractivity contribution in [3.05, 3.63) is 63.0 Å². The Morgan fingerprint density at radius 1 is 1.06 bits per heavy atom. The Hall–Kier alpha value is -1.91. The third kappa shape index (κ3) is 8.42. The van der Waals surface area contributed by atoms with Crippen molar-refractivity contribution in [1.29, 1.82) is 0 Å². The Balaban J connectivity index is 2.33. The van der Waals surface area contributed by atoms with E-state index in [0.29, 0.717) is 16.7 Å². The molecule has 0 fully saturated rings. The summed E-state index contributed by atoms with van der Waals surface area (Å²) in [6, 6.07) is 13.4. The smallest absolute Gasteiger partial charge is 0.244 e. The highest BCUT2D eigenvalue weighted by Crippen LogP contribution is 2.23. The van der Waals surface area contributed by atoms with Crippen LogP contribution < -0.4 is 9.62 Å². The average Bonchev–Trinajstić information content (AvgIpc) is 2.75. The van der Waals surface area contributed by atoms with Crippen LogP contribution in [0.25, 0.3) is 0 Å². The highest BCUT2D eigenvalue weighted by Gasteiger charge is 2.30. The monoisotopic (exact) mass is 601 g/mol. The number of carbonyl (C=O) groups is 2. The minimum Gasteiger partial charge on any atom is -0.354 e. The first-order valence-corrected chi connectivity index (χ1v) is 14.0. The van der Waals surface area contributed by atoms with E-state index in [0.717, 1.165) is 33.4 Å². The Morgan fingerprint density at radius 3 is 2.30 bits per heavy atom. The second kappa shape index (κ2) is 12.5. The van der Waals surface area contributed by atoms with Crippen LogP contribution in [0.5, 0.6) is 0 Å². The third-order valence-corrected chi connectivity index (χ3v) is 7.20. The van der Waals surface area contributed by atoms with Gasteiger partial charge in [-0.2, -0.15) is 0 Å². The molecular formula is C23H29Br2N3O4S. The lowest BCUT2D eigenvalue weighted by Gasteiger charge is -2.31. The van der Waals surface area contributed by atoms with Crippen molar-refractivity contribution in [2.24, 2.45) is 0 Å². The molecule has 0 heterocycles. The number of unbranched alkanes of at least 4 members (excludes halogenated alkanes) is 1. The van der Waals surface area contributed by atoms with Crippen LogP contribution in [0.4, 0.5) is 5.69 Å². The molecule has 0 radical (unpaired) electrons. The van der Waals surface area contributed by atoms with Crippen molar-refractivity contribution in [3.63, 3.8) is 0 Å². The Kier molecular flexibility index (Phi) is 10.4. The highest BCUT2D eigenvalue weighted by molar-refractivity contribution is 9.10. The van der Waals surface area contributed by atoms with Gasteiger partial charge in [-0.05, 0) is 49.2 Å². The minimum atomic E-state index is -3.75. The van der Waals surface area contributed by atoms with Crippen LogP contribution in [0.1, 0.15) is 32.3 Å². The largest absolute Gasteiger partial charge is 0.354 e. The molecule has 1 N–H and O–H groups in total. The van der Waals surface area contributed by atoms with E-state index in [1.54, 1.807) is 31.2 Å². The van der Waals surface area contributed by atoms with Crippen molar-refractivity contribution in [2.45, 2.75) is 39.3 Å². The maximum Gasteiger partial charge on any atom is 0.244 e. The summed E-state index contributed by atoms with van der Waals surface area (Å²) in [7, 11) is -3.75. The minimum absolute atomic E-state index is 0.171. The van der Waals surface area contributed by atoms with Crippen molar-refractivity contribution in [3.8, 4) is 0 Å². The molecule has 0 aliphatic carbocycles. The van der Waals surface area contributed by atoms with Gasteiger partial charge in [-0.25, -0.2) is 8.42 Å². The molecule has 33 heavy (non-hydrogen) atoms. The fourth-order valence-electron chi connectivity index (χ4n) is 3.15. The zero-order valence-corrected chi connectivity index (χ0v) is 22.9. The van der Waals surface area contributed by atoms with Crippen LogP contribution in [0, 0.1) is 0 Å². The van der Waals surface area contributed by atoms with Gasteiger partial charge in [0.05, 0.1) is 11.9 Å². The number of benzene rings is 2. The third-order valence-electron chi connectivity index (χ3n) is 5.04. The molecule has 0 unspecified atom stereocenters. The van der Waals surface area contributed by atoms with Crippen molar-refractivity contribution in [1.82, 2.24) is 10.2 Å². The van der Waals surface area contributed by atoms with Gasteiger partial charge in [-0.15, -0.1) is 0 Å². The molecule has 180 valence electrons. The number of hydrogen-bond acceptors (Lipinski definition) is 4. The van der Waals surface area contributed by atoms with E-state index in [-0.39, 0.29) is 12.5 Å². The molecule has 2 rings (SSSR count). The molecule has 2 aromatic rings. The van der Waals surface area contributed by atoms with Crippen LogP contribution in [0.2, 0.25) is 0 Å². The predicted octanol–water partition coefficient (Wildman–Crippen LogP) is 4.31. The lowest BCUT2D eigenvalue weighted by Crippen LogP contribution is -2.51. The summed E-state index contributed by atoms with van der Waals surface area (Å²) in [5, 5.41) is 2.86. The maximum atomic E-state index is 13.4. The first-order chi connectivity index (χ1) is 15.5. The molecule has 2 amide bonds. The van der Waals surface area contributed by atoms with Crippen LogP contribution >= 0.6 is 31.9 Å². The highest BCUT2D eigenvalue weighted by atomic mass is 79.9. The molecule has 7 nitrogen and oxygen atoms in total.